The molecule has 102 valence electrons. The third-order valence-electron chi connectivity index (χ3n) is 5.13. The van der Waals surface area contributed by atoms with Crippen LogP contribution < -0.4 is 5.32 Å². The lowest BCUT2D eigenvalue weighted by atomic mass is 9.78. The van der Waals surface area contributed by atoms with Crippen molar-refractivity contribution in [1.29, 1.82) is 0 Å². The van der Waals surface area contributed by atoms with Gasteiger partial charge in [-0.25, -0.2) is 0 Å². The van der Waals surface area contributed by atoms with Gasteiger partial charge in [0.05, 0.1) is 6.04 Å². The van der Waals surface area contributed by atoms with Crippen molar-refractivity contribution in [3.05, 3.63) is 0 Å². The number of piperidine rings is 2. The second kappa shape index (κ2) is 5.60. The highest BCUT2D eigenvalue weighted by atomic mass is 16.2. The molecule has 1 saturated carbocycles. The Morgan fingerprint density at radius 3 is 2.56 bits per heavy atom. The molecule has 3 rings (SSSR count). The number of likely N-dealkylation sites (tertiary alicyclic amines) is 1. The molecule has 0 bridgehead atoms. The quantitative estimate of drug-likeness (QED) is 0.774. The first-order valence-corrected chi connectivity index (χ1v) is 7.90. The molecule has 3 aliphatic rings. The van der Waals surface area contributed by atoms with Crippen LogP contribution in [0.15, 0.2) is 0 Å². The summed E-state index contributed by atoms with van der Waals surface area (Å²) in [6.45, 7) is 2.04. The summed E-state index contributed by atoms with van der Waals surface area (Å²) in [6.07, 6.45) is 11.4. The normalized spacial score (nSPS) is 37.1. The van der Waals surface area contributed by atoms with Crippen molar-refractivity contribution in [2.75, 3.05) is 13.1 Å². The first kappa shape index (κ1) is 12.5. The third kappa shape index (κ3) is 2.42. The van der Waals surface area contributed by atoms with E-state index in [1.54, 1.807) is 0 Å². The summed E-state index contributed by atoms with van der Waals surface area (Å²) in [5, 5.41) is 3.42. The summed E-state index contributed by atoms with van der Waals surface area (Å²) >= 11 is 0. The number of amides is 1. The maximum Gasteiger partial charge on any atom is 0.239 e. The molecule has 0 spiro atoms. The molecule has 0 aromatic rings. The largest absolute Gasteiger partial charge is 0.338 e. The molecular formula is C15H26N2O. The molecule has 0 aromatic carbocycles. The fourth-order valence-corrected chi connectivity index (χ4v) is 4.16. The van der Waals surface area contributed by atoms with Crippen molar-refractivity contribution in [3.63, 3.8) is 0 Å². The van der Waals surface area contributed by atoms with Gasteiger partial charge < -0.3 is 10.2 Å². The second-order valence-electron chi connectivity index (χ2n) is 6.29. The number of hydrogen-bond acceptors (Lipinski definition) is 2. The summed E-state index contributed by atoms with van der Waals surface area (Å²) in [6, 6.07) is 0.697. The molecule has 0 aromatic heterocycles. The first-order valence-electron chi connectivity index (χ1n) is 7.90. The van der Waals surface area contributed by atoms with E-state index in [2.05, 4.69) is 10.2 Å². The molecular weight excluding hydrogens is 224 g/mol. The van der Waals surface area contributed by atoms with E-state index in [0.717, 1.165) is 25.4 Å². The molecule has 2 heterocycles. The number of hydrogen-bond donors (Lipinski definition) is 1. The van der Waals surface area contributed by atoms with Gasteiger partial charge in [-0.15, -0.1) is 0 Å². The van der Waals surface area contributed by atoms with Crippen LogP contribution >= 0.6 is 0 Å². The van der Waals surface area contributed by atoms with E-state index < -0.39 is 0 Å². The van der Waals surface area contributed by atoms with E-state index in [1.807, 2.05) is 0 Å². The highest BCUT2D eigenvalue weighted by molar-refractivity contribution is 5.82. The molecule has 18 heavy (non-hydrogen) atoms. The minimum absolute atomic E-state index is 0.124. The van der Waals surface area contributed by atoms with Crippen molar-refractivity contribution >= 4 is 5.91 Å². The number of nitrogens with one attached hydrogen (secondary N) is 1. The lowest BCUT2D eigenvalue weighted by Gasteiger charge is -2.45. The van der Waals surface area contributed by atoms with Crippen LogP contribution in [0.4, 0.5) is 0 Å². The summed E-state index contributed by atoms with van der Waals surface area (Å²) < 4.78 is 0. The zero-order valence-corrected chi connectivity index (χ0v) is 11.4. The Morgan fingerprint density at radius 2 is 1.72 bits per heavy atom. The van der Waals surface area contributed by atoms with Gasteiger partial charge in [-0.1, -0.05) is 19.3 Å². The fraction of sp³-hybridized carbons (Fsp3) is 0.933. The highest BCUT2D eigenvalue weighted by Crippen LogP contribution is 2.35. The van der Waals surface area contributed by atoms with Gasteiger partial charge in [-0.2, -0.15) is 0 Å². The van der Waals surface area contributed by atoms with Gasteiger partial charge in [0.25, 0.3) is 0 Å². The zero-order chi connectivity index (χ0) is 12.4. The van der Waals surface area contributed by atoms with E-state index in [4.69, 9.17) is 0 Å². The van der Waals surface area contributed by atoms with Crippen LogP contribution in [-0.2, 0) is 4.79 Å². The minimum atomic E-state index is 0.124. The van der Waals surface area contributed by atoms with Gasteiger partial charge in [0, 0.05) is 12.6 Å². The Labute approximate surface area is 110 Å². The van der Waals surface area contributed by atoms with Crippen LogP contribution in [-0.4, -0.2) is 36.0 Å². The van der Waals surface area contributed by atoms with Crippen molar-refractivity contribution in [2.24, 2.45) is 5.92 Å². The SMILES string of the molecule is O=C(C1CCCCN1)N1CCCC2CCCCC21. The molecule has 3 atom stereocenters. The Balaban J connectivity index is 1.67. The standard InChI is InChI=1S/C15H26N2O/c18-15(13-8-3-4-10-16-13)17-11-5-7-12-6-1-2-9-14(12)17/h12-14,16H,1-11H2. The maximum atomic E-state index is 12.7. The fourth-order valence-electron chi connectivity index (χ4n) is 4.16. The first-order chi connectivity index (χ1) is 8.86. The molecule has 1 amide bonds. The second-order valence-corrected chi connectivity index (χ2v) is 6.29. The Hall–Kier alpha value is -0.570. The van der Waals surface area contributed by atoms with Gasteiger partial charge in [-0.3, -0.25) is 4.79 Å². The van der Waals surface area contributed by atoms with Crippen LogP contribution in [0, 0.1) is 5.92 Å². The van der Waals surface area contributed by atoms with Gasteiger partial charge in [0.15, 0.2) is 0 Å². The van der Waals surface area contributed by atoms with Gasteiger partial charge >= 0.3 is 0 Å². The summed E-state index contributed by atoms with van der Waals surface area (Å²) in [5.74, 6) is 1.21. The Morgan fingerprint density at radius 1 is 0.944 bits per heavy atom. The van der Waals surface area contributed by atoms with Gasteiger partial charge in [0.2, 0.25) is 5.91 Å². The van der Waals surface area contributed by atoms with Gasteiger partial charge in [0.1, 0.15) is 0 Å². The maximum absolute atomic E-state index is 12.7. The topological polar surface area (TPSA) is 32.3 Å². The van der Waals surface area contributed by atoms with Crippen LogP contribution in [0.1, 0.15) is 57.8 Å². The van der Waals surface area contributed by atoms with E-state index in [-0.39, 0.29) is 6.04 Å². The van der Waals surface area contributed by atoms with E-state index in [9.17, 15) is 4.79 Å². The molecule has 1 N–H and O–H groups in total. The average molecular weight is 250 g/mol. The zero-order valence-electron chi connectivity index (χ0n) is 11.4. The smallest absolute Gasteiger partial charge is 0.239 e. The van der Waals surface area contributed by atoms with Crippen LogP contribution in [0.5, 0.6) is 0 Å². The highest BCUT2D eigenvalue weighted by Gasteiger charge is 2.37. The molecule has 3 unspecified atom stereocenters. The average Bonchev–Trinajstić information content (AvgIpc) is 2.47. The Kier molecular flexibility index (Phi) is 3.88. The molecule has 3 heteroatoms. The molecule has 1 aliphatic carbocycles. The molecule has 3 fully saturated rings. The van der Waals surface area contributed by atoms with Crippen molar-refractivity contribution in [3.8, 4) is 0 Å². The Bertz CT molecular complexity index is 297. The lowest BCUT2D eigenvalue weighted by molar-refractivity contribution is -0.140. The molecule has 0 radical (unpaired) electrons. The molecule has 2 saturated heterocycles. The van der Waals surface area contributed by atoms with E-state index in [0.29, 0.717) is 11.9 Å². The summed E-state index contributed by atoms with van der Waals surface area (Å²) in [7, 11) is 0. The number of rotatable bonds is 1. The summed E-state index contributed by atoms with van der Waals surface area (Å²) in [4.78, 5) is 14.9. The van der Waals surface area contributed by atoms with Crippen LogP contribution in [0.2, 0.25) is 0 Å². The van der Waals surface area contributed by atoms with Crippen molar-refractivity contribution in [2.45, 2.75) is 69.9 Å². The monoisotopic (exact) mass is 250 g/mol. The number of fused-ring (bicyclic) bond motifs is 1. The number of nitrogens with zero attached hydrogens (tertiary/aromatic N) is 1. The van der Waals surface area contributed by atoms with Crippen LogP contribution in [0.3, 0.4) is 0 Å². The molecule has 2 aliphatic heterocycles. The van der Waals surface area contributed by atoms with Crippen LogP contribution in [0.25, 0.3) is 0 Å². The number of carbonyl (C=O) groups is 1. The summed E-state index contributed by atoms with van der Waals surface area (Å²) in [5.41, 5.74) is 0. The van der Waals surface area contributed by atoms with E-state index in [1.165, 1.54) is 51.4 Å². The van der Waals surface area contributed by atoms with E-state index >= 15 is 0 Å². The predicted octanol–water partition coefficient (Wildman–Crippen LogP) is 2.31. The third-order valence-corrected chi connectivity index (χ3v) is 5.13. The lowest BCUT2D eigenvalue weighted by Crippen LogP contribution is -2.56. The minimum Gasteiger partial charge on any atom is -0.338 e. The molecule has 3 nitrogen and oxygen atoms in total. The van der Waals surface area contributed by atoms with Crippen molar-refractivity contribution in [1.82, 2.24) is 10.2 Å². The van der Waals surface area contributed by atoms with Crippen molar-refractivity contribution < 1.29 is 4.79 Å². The predicted molar refractivity (Wildman–Crippen MR) is 72.3 cm³/mol. The van der Waals surface area contributed by atoms with Gasteiger partial charge in [-0.05, 0) is 51.0 Å². The number of carbonyl (C=O) groups excluding carboxylic acids is 1.